The number of aromatic nitrogens is 2. The summed E-state index contributed by atoms with van der Waals surface area (Å²) in [7, 11) is 0. The molecule has 1 aliphatic rings. The maximum Gasteiger partial charge on any atom is 0.257 e. The molecule has 7 heteroatoms. The summed E-state index contributed by atoms with van der Waals surface area (Å²) in [5.74, 6) is 0.0137. The number of carbonyl (C=O) groups is 2. The summed E-state index contributed by atoms with van der Waals surface area (Å²) in [4.78, 5) is 29.5. The summed E-state index contributed by atoms with van der Waals surface area (Å²) in [6, 6.07) is 19.7. The van der Waals surface area contributed by atoms with E-state index >= 15 is 0 Å². The number of aryl methyl sites for hydroxylation is 1. The van der Waals surface area contributed by atoms with E-state index in [0.717, 1.165) is 22.6 Å². The van der Waals surface area contributed by atoms with Gasteiger partial charge in [0.2, 0.25) is 5.91 Å². The van der Waals surface area contributed by atoms with E-state index < -0.39 is 0 Å². The van der Waals surface area contributed by atoms with Crippen molar-refractivity contribution in [2.45, 2.75) is 20.4 Å². The Bertz CT molecular complexity index is 1070. The highest BCUT2D eigenvalue weighted by Crippen LogP contribution is 2.20. The lowest BCUT2D eigenvalue weighted by atomic mass is 10.1. The molecule has 0 radical (unpaired) electrons. The monoisotopic (exact) mass is 431 g/mol. The molecule has 0 aliphatic carbocycles. The van der Waals surface area contributed by atoms with Crippen LogP contribution in [0.4, 0.5) is 0 Å². The van der Waals surface area contributed by atoms with Gasteiger partial charge >= 0.3 is 0 Å². The highest BCUT2D eigenvalue weighted by atomic mass is 16.2. The molecule has 1 fully saturated rings. The first-order valence-corrected chi connectivity index (χ1v) is 11.0. The zero-order chi connectivity index (χ0) is 22.5. The largest absolute Gasteiger partial charge is 0.351 e. The fourth-order valence-electron chi connectivity index (χ4n) is 4.10. The molecule has 0 atom stereocenters. The Morgan fingerprint density at radius 1 is 0.906 bits per heavy atom. The van der Waals surface area contributed by atoms with Gasteiger partial charge in [-0.1, -0.05) is 48.5 Å². The SMILES string of the molecule is Cc1nn(-c2ccccc2)c(C)c1C(=O)N1CCN(CC(=O)NCc2ccccc2)CC1. The summed E-state index contributed by atoms with van der Waals surface area (Å²) >= 11 is 0. The fourth-order valence-corrected chi connectivity index (χ4v) is 4.10. The number of piperazine rings is 1. The first-order valence-electron chi connectivity index (χ1n) is 11.0. The number of para-hydroxylation sites is 1. The Hall–Kier alpha value is -3.45. The number of nitrogens with one attached hydrogen (secondary N) is 1. The number of amides is 2. The molecule has 7 nitrogen and oxygen atoms in total. The smallest absolute Gasteiger partial charge is 0.257 e. The van der Waals surface area contributed by atoms with Gasteiger partial charge in [0, 0.05) is 32.7 Å². The van der Waals surface area contributed by atoms with Crippen LogP contribution in [-0.4, -0.2) is 64.1 Å². The number of rotatable bonds is 6. The van der Waals surface area contributed by atoms with Gasteiger partial charge in [0.15, 0.2) is 0 Å². The standard InChI is InChI=1S/C25H29N5O2/c1-19-24(20(2)30(27-19)22-11-7-4-8-12-22)25(32)29-15-13-28(14-16-29)18-23(31)26-17-21-9-5-3-6-10-21/h3-12H,13-18H2,1-2H3,(H,26,31). The molecule has 1 aliphatic heterocycles. The summed E-state index contributed by atoms with van der Waals surface area (Å²) in [6.07, 6.45) is 0. The minimum Gasteiger partial charge on any atom is -0.351 e. The second-order valence-corrected chi connectivity index (χ2v) is 8.12. The van der Waals surface area contributed by atoms with Gasteiger partial charge in [0.05, 0.1) is 29.2 Å². The average Bonchev–Trinajstić information content (AvgIpc) is 3.13. The van der Waals surface area contributed by atoms with Gasteiger partial charge in [-0.05, 0) is 31.5 Å². The zero-order valence-electron chi connectivity index (χ0n) is 18.6. The van der Waals surface area contributed by atoms with Crippen molar-refractivity contribution in [2.75, 3.05) is 32.7 Å². The third-order valence-electron chi connectivity index (χ3n) is 5.87. The first kappa shape index (κ1) is 21.8. The maximum atomic E-state index is 13.2. The molecule has 4 rings (SSSR count). The van der Waals surface area contributed by atoms with E-state index in [2.05, 4.69) is 15.3 Å². The van der Waals surface area contributed by atoms with Gasteiger partial charge < -0.3 is 10.2 Å². The van der Waals surface area contributed by atoms with Gasteiger partial charge in [0.25, 0.3) is 5.91 Å². The molecule has 1 N–H and O–H groups in total. The van der Waals surface area contributed by atoms with E-state index in [-0.39, 0.29) is 11.8 Å². The van der Waals surface area contributed by atoms with Crippen molar-refractivity contribution in [1.29, 1.82) is 0 Å². The highest BCUT2D eigenvalue weighted by Gasteiger charge is 2.27. The topological polar surface area (TPSA) is 70.5 Å². The predicted octanol–water partition coefficient (Wildman–Crippen LogP) is 2.56. The molecule has 1 saturated heterocycles. The van der Waals surface area contributed by atoms with Crippen LogP contribution in [0.15, 0.2) is 60.7 Å². The number of benzene rings is 2. The molecule has 32 heavy (non-hydrogen) atoms. The van der Waals surface area contributed by atoms with E-state index in [9.17, 15) is 9.59 Å². The van der Waals surface area contributed by atoms with Gasteiger partial charge in [0.1, 0.15) is 0 Å². The second-order valence-electron chi connectivity index (χ2n) is 8.12. The van der Waals surface area contributed by atoms with E-state index in [4.69, 9.17) is 0 Å². The predicted molar refractivity (Wildman–Crippen MR) is 124 cm³/mol. The average molecular weight is 432 g/mol. The normalized spacial score (nSPS) is 14.4. The van der Waals surface area contributed by atoms with Crippen LogP contribution in [0.25, 0.3) is 5.69 Å². The summed E-state index contributed by atoms with van der Waals surface area (Å²) in [5.41, 5.74) is 4.28. The van der Waals surface area contributed by atoms with Crippen molar-refractivity contribution < 1.29 is 9.59 Å². The van der Waals surface area contributed by atoms with Crippen LogP contribution in [0.2, 0.25) is 0 Å². The molecule has 0 saturated carbocycles. The van der Waals surface area contributed by atoms with Gasteiger partial charge in [-0.2, -0.15) is 5.10 Å². The van der Waals surface area contributed by atoms with Crippen molar-refractivity contribution in [3.05, 3.63) is 83.2 Å². The molecular weight excluding hydrogens is 402 g/mol. The molecule has 166 valence electrons. The molecule has 0 spiro atoms. The van der Waals surface area contributed by atoms with E-state index in [1.165, 1.54) is 0 Å². The molecule has 1 aromatic heterocycles. The Morgan fingerprint density at radius 2 is 1.53 bits per heavy atom. The molecule has 0 unspecified atom stereocenters. The van der Waals surface area contributed by atoms with Gasteiger partial charge in [-0.25, -0.2) is 4.68 Å². The van der Waals surface area contributed by atoms with Crippen LogP contribution in [-0.2, 0) is 11.3 Å². The lowest BCUT2D eigenvalue weighted by Crippen LogP contribution is -2.51. The third kappa shape index (κ3) is 4.89. The van der Waals surface area contributed by atoms with Gasteiger partial charge in [-0.15, -0.1) is 0 Å². The highest BCUT2D eigenvalue weighted by molar-refractivity contribution is 5.96. The molecule has 2 amide bonds. The lowest BCUT2D eigenvalue weighted by molar-refractivity contribution is -0.122. The molecule has 2 aromatic carbocycles. The molecular formula is C25H29N5O2. The minimum absolute atomic E-state index is 0.00413. The Morgan fingerprint density at radius 3 is 2.19 bits per heavy atom. The molecule has 2 heterocycles. The van der Waals surface area contributed by atoms with Crippen molar-refractivity contribution in [2.24, 2.45) is 0 Å². The number of carbonyl (C=O) groups excluding carboxylic acids is 2. The van der Waals surface area contributed by atoms with Crippen LogP contribution in [0.1, 0.15) is 27.3 Å². The molecule has 3 aromatic rings. The van der Waals surface area contributed by atoms with Crippen LogP contribution in [0.5, 0.6) is 0 Å². The van der Waals surface area contributed by atoms with E-state index in [1.54, 1.807) is 0 Å². The fraction of sp³-hybridized carbons (Fsp3) is 0.320. The van der Waals surface area contributed by atoms with Crippen LogP contribution >= 0.6 is 0 Å². The second kappa shape index (κ2) is 9.78. The third-order valence-corrected chi connectivity index (χ3v) is 5.87. The van der Waals surface area contributed by atoms with Crippen molar-refractivity contribution in [1.82, 2.24) is 24.9 Å². The summed E-state index contributed by atoms with van der Waals surface area (Å²) in [6.45, 7) is 7.24. The van der Waals surface area contributed by atoms with Crippen molar-refractivity contribution >= 4 is 11.8 Å². The minimum atomic E-state index is 0.00413. The number of hydrogen-bond donors (Lipinski definition) is 1. The zero-order valence-corrected chi connectivity index (χ0v) is 18.6. The Labute approximate surface area is 188 Å². The maximum absolute atomic E-state index is 13.2. The quantitative estimate of drug-likeness (QED) is 0.651. The Balaban J connectivity index is 1.32. The lowest BCUT2D eigenvalue weighted by Gasteiger charge is -2.34. The van der Waals surface area contributed by atoms with Crippen molar-refractivity contribution in [3.8, 4) is 5.69 Å². The van der Waals surface area contributed by atoms with Crippen LogP contribution < -0.4 is 5.32 Å². The Kier molecular flexibility index (Phi) is 6.66. The van der Waals surface area contributed by atoms with E-state index in [1.807, 2.05) is 84.1 Å². The first-order chi connectivity index (χ1) is 15.5. The van der Waals surface area contributed by atoms with Crippen LogP contribution in [0, 0.1) is 13.8 Å². The van der Waals surface area contributed by atoms with E-state index in [0.29, 0.717) is 44.8 Å². The number of hydrogen-bond acceptors (Lipinski definition) is 4. The summed E-state index contributed by atoms with van der Waals surface area (Å²) < 4.78 is 1.83. The van der Waals surface area contributed by atoms with Crippen LogP contribution in [0.3, 0.4) is 0 Å². The van der Waals surface area contributed by atoms with Crippen molar-refractivity contribution in [3.63, 3.8) is 0 Å². The number of nitrogens with zero attached hydrogens (tertiary/aromatic N) is 4. The molecule has 0 bridgehead atoms. The summed E-state index contributed by atoms with van der Waals surface area (Å²) in [5, 5.41) is 7.57. The van der Waals surface area contributed by atoms with Gasteiger partial charge in [-0.3, -0.25) is 14.5 Å².